The van der Waals surface area contributed by atoms with E-state index in [1.165, 1.54) is 0 Å². The van der Waals surface area contributed by atoms with Crippen LogP contribution in [0.15, 0.2) is 18.3 Å². The highest BCUT2D eigenvalue weighted by atomic mass is 16.4. The minimum absolute atomic E-state index is 0.107. The smallest absolute Gasteiger partial charge is 0.311 e. The van der Waals surface area contributed by atoms with Crippen molar-refractivity contribution in [1.82, 2.24) is 14.6 Å². The molecule has 0 aliphatic heterocycles. The minimum Gasteiger partial charge on any atom is -0.481 e. The second kappa shape index (κ2) is 3.10. The lowest BCUT2D eigenvalue weighted by Crippen LogP contribution is -2.04. The summed E-state index contributed by atoms with van der Waals surface area (Å²) >= 11 is 0. The summed E-state index contributed by atoms with van der Waals surface area (Å²) in [6.45, 7) is 1.95. The molecule has 72 valence electrons. The highest BCUT2D eigenvalue weighted by molar-refractivity contribution is 5.69. The minimum atomic E-state index is -0.903. The van der Waals surface area contributed by atoms with Gasteiger partial charge < -0.3 is 5.11 Å². The van der Waals surface area contributed by atoms with Crippen LogP contribution in [0.25, 0.3) is 5.65 Å². The average Bonchev–Trinajstić information content (AvgIpc) is 2.47. The van der Waals surface area contributed by atoms with Crippen LogP contribution in [-0.2, 0) is 11.2 Å². The van der Waals surface area contributed by atoms with Crippen molar-refractivity contribution in [3.8, 4) is 0 Å². The summed E-state index contributed by atoms with van der Waals surface area (Å²) in [5.74, 6) is -0.452. The molecule has 0 aliphatic rings. The molecular formula is C9H9N3O2. The number of hydrogen-bond donors (Lipinski definition) is 1. The van der Waals surface area contributed by atoms with E-state index < -0.39 is 5.97 Å². The Morgan fingerprint density at radius 1 is 1.57 bits per heavy atom. The summed E-state index contributed by atoms with van der Waals surface area (Å²) in [5.41, 5.74) is 1.76. The first-order valence-electron chi connectivity index (χ1n) is 4.19. The molecule has 0 atom stereocenters. The molecule has 0 saturated carbocycles. The predicted octanol–water partition coefficient (Wildman–Crippen LogP) is 0.665. The topological polar surface area (TPSA) is 67.5 Å². The van der Waals surface area contributed by atoms with Gasteiger partial charge in [0.1, 0.15) is 12.2 Å². The second-order valence-electron chi connectivity index (χ2n) is 3.12. The SMILES string of the molecule is Cc1ccn2c(CC(=O)O)nnc2c1. The maximum atomic E-state index is 10.5. The van der Waals surface area contributed by atoms with Gasteiger partial charge in [0, 0.05) is 6.20 Å². The first-order valence-corrected chi connectivity index (χ1v) is 4.19. The Morgan fingerprint density at radius 3 is 3.07 bits per heavy atom. The fraction of sp³-hybridized carbons (Fsp3) is 0.222. The van der Waals surface area contributed by atoms with E-state index in [1.54, 1.807) is 10.6 Å². The third-order valence-corrected chi connectivity index (χ3v) is 1.95. The highest BCUT2D eigenvalue weighted by Gasteiger charge is 2.08. The number of nitrogens with zero attached hydrogens (tertiary/aromatic N) is 3. The van der Waals surface area contributed by atoms with Crippen LogP contribution in [0.5, 0.6) is 0 Å². The zero-order valence-electron chi connectivity index (χ0n) is 7.64. The summed E-state index contributed by atoms with van der Waals surface area (Å²) in [5, 5.41) is 16.3. The van der Waals surface area contributed by atoms with Crippen LogP contribution in [-0.4, -0.2) is 25.7 Å². The number of carboxylic acid groups (broad SMARTS) is 1. The van der Waals surface area contributed by atoms with E-state index in [1.807, 2.05) is 19.1 Å². The summed E-state index contributed by atoms with van der Waals surface area (Å²) in [6, 6.07) is 3.75. The third-order valence-electron chi connectivity index (χ3n) is 1.95. The molecule has 0 spiro atoms. The van der Waals surface area contributed by atoms with Gasteiger partial charge in [-0.25, -0.2) is 0 Å². The molecule has 2 heterocycles. The van der Waals surface area contributed by atoms with Crippen molar-refractivity contribution in [2.24, 2.45) is 0 Å². The Bertz CT molecular complexity index is 490. The largest absolute Gasteiger partial charge is 0.481 e. The molecule has 0 fully saturated rings. The van der Waals surface area contributed by atoms with E-state index >= 15 is 0 Å². The molecule has 0 bridgehead atoms. The van der Waals surface area contributed by atoms with Gasteiger partial charge in [-0.15, -0.1) is 10.2 Å². The molecule has 5 heteroatoms. The Balaban J connectivity index is 2.52. The first-order chi connectivity index (χ1) is 6.66. The Kier molecular flexibility index (Phi) is 1.92. The quantitative estimate of drug-likeness (QED) is 0.757. The van der Waals surface area contributed by atoms with Crippen molar-refractivity contribution in [3.63, 3.8) is 0 Å². The summed E-state index contributed by atoms with van der Waals surface area (Å²) in [6.07, 6.45) is 1.67. The summed E-state index contributed by atoms with van der Waals surface area (Å²) in [4.78, 5) is 10.5. The molecule has 2 aromatic rings. The van der Waals surface area contributed by atoms with Crippen LogP contribution in [0.3, 0.4) is 0 Å². The Labute approximate surface area is 80.0 Å². The van der Waals surface area contributed by atoms with E-state index in [0.29, 0.717) is 11.5 Å². The number of carbonyl (C=O) groups is 1. The van der Waals surface area contributed by atoms with Crippen LogP contribution >= 0.6 is 0 Å². The monoisotopic (exact) mass is 191 g/mol. The summed E-state index contributed by atoms with van der Waals surface area (Å²) < 4.78 is 1.68. The number of aromatic nitrogens is 3. The van der Waals surface area contributed by atoms with Gasteiger partial charge in [-0.2, -0.15) is 0 Å². The van der Waals surface area contributed by atoms with Crippen LogP contribution in [0.2, 0.25) is 0 Å². The fourth-order valence-electron chi connectivity index (χ4n) is 1.30. The van der Waals surface area contributed by atoms with E-state index in [9.17, 15) is 4.79 Å². The van der Waals surface area contributed by atoms with E-state index in [4.69, 9.17) is 5.11 Å². The molecule has 0 amide bonds. The van der Waals surface area contributed by atoms with Gasteiger partial charge in [-0.3, -0.25) is 9.20 Å². The maximum absolute atomic E-state index is 10.5. The van der Waals surface area contributed by atoms with Crippen molar-refractivity contribution in [3.05, 3.63) is 29.7 Å². The Hall–Kier alpha value is -1.91. The molecule has 0 radical (unpaired) electrons. The lowest BCUT2D eigenvalue weighted by Gasteiger charge is -1.96. The average molecular weight is 191 g/mol. The molecule has 5 nitrogen and oxygen atoms in total. The van der Waals surface area contributed by atoms with Crippen LogP contribution < -0.4 is 0 Å². The van der Waals surface area contributed by atoms with Gasteiger partial charge in [0.25, 0.3) is 0 Å². The third kappa shape index (κ3) is 1.44. The van der Waals surface area contributed by atoms with Crippen molar-refractivity contribution in [2.45, 2.75) is 13.3 Å². The van der Waals surface area contributed by atoms with Crippen LogP contribution in [0.4, 0.5) is 0 Å². The van der Waals surface area contributed by atoms with Crippen molar-refractivity contribution >= 4 is 11.6 Å². The molecule has 0 saturated heterocycles. The predicted molar refractivity (Wildman–Crippen MR) is 49.1 cm³/mol. The number of fused-ring (bicyclic) bond motifs is 1. The lowest BCUT2D eigenvalue weighted by molar-refractivity contribution is -0.136. The number of hydrogen-bond acceptors (Lipinski definition) is 3. The zero-order chi connectivity index (χ0) is 10.1. The lowest BCUT2D eigenvalue weighted by atomic mass is 10.3. The maximum Gasteiger partial charge on any atom is 0.311 e. The normalized spacial score (nSPS) is 10.6. The first kappa shape index (κ1) is 8.68. The molecule has 1 N–H and O–H groups in total. The number of aliphatic carboxylic acids is 1. The van der Waals surface area contributed by atoms with Gasteiger partial charge in [0.15, 0.2) is 5.65 Å². The van der Waals surface area contributed by atoms with Crippen LogP contribution in [0, 0.1) is 6.92 Å². The van der Waals surface area contributed by atoms with Crippen molar-refractivity contribution < 1.29 is 9.90 Å². The molecule has 0 aliphatic carbocycles. The summed E-state index contributed by atoms with van der Waals surface area (Å²) in [7, 11) is 0. The van der Waals surface area contributed by atoms with Gasteiger partial charge in [-0.1, -0.05) is 0 Å². The van der Waals surface area contributed by atoms with Gasteiger partial charge in [0.05, 0.1) is 0 Å². The number of pyridine rings is 1. The Morgan fingerprint density at radius 2 is 2.36 bits per heavy atom. The zero-order valence-corrected chi connectivity index (χ0v) is 7.64. The highest BCUT2D eigenvalue weighted by Crippen LogP contribution is 2.06. The van der Waals surface area contributed by atoms with Gasteiger partial charge >= 0.3 is 5.97 Å². The number of rotatable bonds is 2. The van der Waals surface area contributed by atoms with E-state index in [0.717, 1.165) is 5.56 Å². The van der Waals surface area contributed by atoms with Gasteiger partial charge in [-0.05, 0) is 24.6 Å². The number of carboxylic acids is 1. The molecule has 2 aromatic heterocycles. The van der Waals surface area contributed by atoms with Crippen LogP contribution in [0.1, 0.15) is 11.4 Å². The number of aryl methyl sites for hydroxylation is 1. The van der Waals surface area contributed by atoms with Crippen molar-refractivity contribution in [2.75, 3.05) is 0 Å². The molecule has 0 aromatic carbocycles. The van der Waals surface area contributed by atoms with Gasteiger partial charge in [0.2, 0.25) is 0 Å². The second-order valence-corrected chi connectivity index (χ2v) is 3.12. The van der Waals surface area contributed by atoms with Crippen molar-refractivity contribution in [1.29, 1.82) is 0 Å². The fourth-order valence-corrected chi connectivity index (χ4v) is 1.30. The van der Waals surface area contributed by atoms with E-state index in [-0.39, 0.29) is 6.42 Å². The standard InChI is InChI=1S/C9H9N3O2/c1-6-2-3-12-7(4-6)10-11-8(12)5-9(13)14/h2-4H,5H2,1H3,(H,13,14). The molecule has 0 unspecified atom stereocenters. The molecule has 2 rings (SSSR count). The molecule has 14 heavy (non-hydrogen) atoms. The van der Waals surface area contributed by atoms with E-state index in [2.05, 4.69) is 10.2 Å². The molecular weight excluding hydrogens is 182 g/mol.